The van der Waals surface area contributed by atoms with Crippen LogP contribution in [-0.2, 0) is 11.0 Å². The second-order valence-corrected chi connectivity index (χ2v) is 5.61. The van der Waals surface area contributed by atoms with Crippen LogP contribution in [0.25, 0.3) is 11.4 Å². The first-order valence-corrected chi connectivity index (χ1v) is 7.36. The van der Waals surface area contributed by atoms with E-state index < -0.39 is 29.6 Å². The maximum atomic E-state index is 14.3. The summed E-state index contributed by atoms with van der Waals surface area (Å²) < 4.78 is 55.8. The van der Waals surface area contributed by atoms with Gasteiger partial charge in [-0.3, -0.25) is 9.63 Å². The second kappa shape index (κ2) is 6.43. The van der Waals surface area contributed by atoms with Gasteiger partial charge in [-0.25, -0.2) is 9.45 Å². The molecule has 0 unspecified atom stereocenters. The lowest BCUT2D eigenvalue weighted by molar-refractivity contribution is -0.159. The summed E-state index contributed by atoms with van der Waals surface area (Å²) >= 11 is 0. The summed E-state index contributed by atoms with van der Waals surface area (Å²) in [6.07, 6.45) is -2.83. The van der Waals surface area contributed by atoms with Crippen LogP contribution in [-0.4, -0.2) is 34.8 Å². The average molecular weight is 359 g/mol. The molecule has 1 fully saturated rings. The van der Waals surface area contributed by atoms with Gasteiger partial charge in [0.25, 0.3) is 5.91 Å². The lowest BCUT2D eigenvalue weighted by atomic mass is 10.1. The highest BCUT2D eigenvalue weighted by atomic mass is 19.4. The molecular formula is C15H13F4N3O3. The number of carbonyl (C=O) groups is 1. The molecule has 0 aliphatic heterocycles. The molecule has 0 atom stereocenters. The molecule has 6 nitrogen and oxygen atoms in total. The van der Waals surface area contributed by atoms with E-state index in [1.165, 1.54) is 13.2 Å². The van der Waals surface area contributed by atoms with Gasteiger partial charge in [-0.15, -0.1) is 0 Å². The van der Waals surface area contributed by atoms with E-state index in [4.69, 9.17) is 4.84 Å². The van der Waals surface area contributed by atoms with Gasteiger partial charge < -0.3 is 4.52 Å². The van der Waals surface area contributed by atoms with Crippen molar-refractivity contribution >= 4 is 5.91 Å². The van der Waals surface area contributed by atoms with Crippen LogP contribution in [0.1, 0.15) is 29.1 Å². The first-order valence-electron chi connectivity index (χ1n) is 7.36. The largest absolute Gasteiger partial charge is 0.471 e. The highest BCUT2D eigenvalue weighted by Gasteiger charge is 2.38. The lowest BCUT2D eigenvalue weighted by Crippen LogP contribution is -2.32. The molecule has 1 heterocycles. The third-order valence-corrected chi connectivity index (χ3v) is 3.69. The van der Waals surface area contributed by atoms with Gasteiger partial charge in [-0.1, -0.05) is 11.2 Å². The summed E-state index contributed by atoms with van der Waals surface area (Å²) in [6, 6.07) is 3.27. The number of hydrogen-bond donors (Lipinski definition) is 0. The first kappa shape index (κ1) is 17.3. The molecule has 25 heavy (non-hydrogen) atoms. The Balaban J connectivity index is 1.82. The van der Waals surface area contributed by atoms with E-state index in [-0.39, 0.29) is 11.1 Å². The number of benzene rings is 1. The molecule has 3 rings (SSSR count). The Kier molecular flexibility index (Phi) is 4.46. The van der Waals surface area contributed by atoms with Crippen LogP contribution < -0.4 is 0 Å². The molecule has 1 aromatic carbocycles. The van der Waals surface area contributed by atoms with Crippen LogP contribution >= 0.6 is 0 Å². The Labute approximate surface area is 139 Å². The summed E-state index contributed by atoms with van der Waals surface area (Å²) in [5.41, 5.74) is -0.301. The fourth-order valence-corrected chi connectivity index (χ4v) is 2.19. The molecule has 0 N–H and O–H groups in total. The number of hydrogen-bond acceptors (Lipinski definition) is 5. The Hall–Kier alpha value is -2.49. The van der Waals surface area contributed by atoms with Gasteiger partial charge in [0.2, 0.25) is 5.82 Å². The number of rotatable bonds is 5. The van der Waals surface area contributed by atoms with Crippen molar-refractivity contribution in [2.24, 2.45) is 5.92 Å². The highest BCUT2D eigenvalue weighted by molar-refractivity contribution is 5.94. The van der Waals surface area contributed by atoms with Crippen molar-refractivity contribution in [1.29, 1.82) is 0 Å². The topological polar surface area (TPSA) is 68.5 Å². The minimum Gasteiger partial charge on any atom is -0.329 e. The van der Waals surface area contributed by atoms with E-state index in [1.54, 1.807) is 0 Å². The van der Waals surface area contributed by atoms with Crippen molar-refractivity contribution in [3.8, 4) is 11.4 Å². The molecule has 10 heteroatoms. The molecule has 2 aromatic rings. The number of hydroxylamine groups is 2. The number of carbonyl (C=O) groups excluding carboxylic acids is 1. The van der Waals surface area contributed by atoms with Crippen molar-refractivity contribution in [2.75, 3.05) is 13.7 Å². The summed E-state index contributed by atoms with van der Waals surface area (Å²) in [4.78, 5) is 20.5. The van der Waals surface area contributed by atoms with Crippen molar-refractivity contribution in [2.45, 2.75) is 19.0 Å². The molecule has 0 bridgehead atoms. The van der Waals surface area contributed by atoms with E-state index in [0.29, 0.717) is 12.5 Å². The second-order valence-electron chi connectivity index (χ2n) is 5.61. The molecule has 1 amide bonds. The highest BCUT2D eigenvalue weighted by Crippen LogP contribution is 2.31. The van der Waals surface area contributed by atoms with Gasteiger partial charge in [-0.05, 0) is 30.9 Å². The van der Waals surface area contributed by atoms with Crippen LogP contribution in [0, 0.1) is 11.7 Å². The van der Waals surface area contributed by atoms with E-state index in [9.17, 15) is 22.4 Å². The summed E-state index contributed by atoms with van der Waals surface area (Å²) in [7, 11) is 1.31. The van der Waals surface area contributed by atoms with E-state index in [1.807, 2.05) is 0 Å². The van der Waals surface area contributed by atoms with Crippen LogP contribution in [0.2, 0.25) is 0 Å². The van der Waals surface area contributed by atoms with E-state index in [2.05, 4.69) is 14.7 Å². The Morgan fingerprint density at radius 2 is 2.12 bits per heavy atom. The molecule has 0 saturated heterocycles. The van der Waals surface area contributed by atoms with Crippen LogP contribution in [0.4, 0.5) is 17.6 Å². The number of halogens is 4. The maximum absolute atomic E-state index is 14.3. The number of aromatic nitrogens is 2. The standard InChI is InChI=1S/C15H13F4N3O3/c1-24-22(7-8-2-3-8)13(23)10-5-4-9(6-11(10)16)12-20-14(25-21-12)15(17,18)19/h4-6,8H,2-3,7H2,1H3. The number of alkyl halides is 3. The molecule has 0 radical (unpaired) electrons. The van der Waals surface area contributed by atoms with Crippen LogP contribution in [0.15, 0.2) is 22.7 Å². The predicted octanol–water partition coefficient (Wildman–Crippen LogP) is 3.31. The number of amides is 1. The molecule has 1 saturated carbocycles. The van der Waals surface area contributed by atoms with Gasteiger partial charge in [0.15, 0.2) is 0 Å². The Bertz CT molecular complexity index is 787. The Morgan fingerprint density at radius 3 is 2.64 bits per heavy atom. The smallest absolute Gasteiger partial charge is 0.329 e. The summed E-state index contributed by atoms with van der Waals surface area (Å²) in [5.74, 6) is -3.20. The fraction of sp³-hybridized carbons (Fsp3) is 0.400. The van der Waals surface area contributed by atoms with Crippen molar-refractivity contribution < 1.29 is 31.7 Å². The Morgan fingerprint density at radius 1 is 1.40 bits per heavy atom. The minimum atomic E-state index is -4.79. The zero-order chi connectivity index (χ0) is 18.2. The van der Waals surface area contributed by atoms with E-state index >= 15 is 0 Å². The maximum Gasteiger partial charge on any atom is 0.471 e. The minimum absolute atomic E-state index is 0.0422. The average Bonchev–Trinajstić information content (AvgIpc) is 3.22. The lowest BCUT2D eigenvalue weighted by Gasteiger charge is -2.19. The monoisotopic (exact) mass is 359 g/mol. The zero-order valence-corrected chi connectivity index (χ0v) is 13.0. The molecular weight excluding hydrogens is 346 g/mol. The van der Waals surface area contributed by atoms with Crippen molar-refractivity contribution in [3.05, 3.63) is 35.5 Å². The molecule has 0 spiro atoms. The normalized spacial score (nSPS) is 14.6. The van der Waals surface area contributed by atoms with Crippen LogP contribution in [0.3, 0.4) is 0 Å². The van der Waals surface area contributed by atoms with Crippen LogP contribution in [0.5, 0.6) is 0 Å². The van der Waals surface area contributed by atoms with Crippen molar-refractivity contribution in [1.82, 2.24) is 15.2 Å². The first-order chi connectivity index (χ1) is 11.8. The molecule has 1 aliphatic rings. The molecule has 1 aliphatic carbocycles. The fourth-order valence-electron chi connectivity index (χ4n) is 2.19. The third-order valence-electron chi connectivity index (χ3n) is 3.69. The summed E-state index contributed by atoms with van der Waals surface area (Å²) in [5, 5.41) is 4.24. The van der Waals surface area contributed by atoms with Gasteiger partial charge >= 0.3 is 12.1 Å². The van der Waals surface area contributed by atoms with Gasteiger partial charge in [0.1, 0.15) is 5.82 Å². The van der Waals surface area contributed by atoms with Crippen molar-refractivity contribution in [3.63, 3.8) is 0 Å². The summed E-state index contributed by atoms with van der Waals surface area (Å²) in [6.45, 7) is 0.357. The number of nitrogens with zero attached hydrogens (tertiary/aromatic N) is 3. The van der Waals surface area contributed by atoms with Gasteiger partial charge in [-0.2, -0.15) is 18.2 Å². The predicted molar refractivity (Wildman–Crippen MR) is 75.5 cm³/mol. The quantitative estimate of drug-likeness (QED) is 0.605. The zero-order valence-electron chi connectivity index (χ0n) is 13.0. The van der Waals surface area contributed by atoms with E-state index in [0.717, 1.165) is 30.0 Å². The molecule has 1 aromatic heterocycles. The van der Waals surface area contributed by atoms with Gasteiger partial charge in [0, 0.05) is 5.56 Å². The molecule has 134 valence electrons. The SMILES string of the molecule is CON(CC1CC1)C(=O)c1ccc(-c2noc(C(F)(F)F)n2)cc1F. The third kappa shape index (κ3) is 3.78. The van der Waals surface area contributed by atoms with Gasteiger partial charge in [0.05, 0.1) is 19.2 Å².